The first-order chi connectivity index (χ1) is 12.5. The first-order valence-corrected chi connectivity index (χ1v) is 10.5. The Morgan fingerprint density at radius 3 is 2.27 bits per heavy atom. The molecule has 3 rings (SSSR count). The molecule has 1 heterocycles. The summed E-state index contributed by atoms with van der Waals surface area (Å²) < 4.78 is 27.7. The minimum Gasteiger partial charge on any atom is -0.217 e. The average molecular weight is 382 g/mol. The van der Waals surface area contributed by atoms with Crippen molar-refractivity contribution >= 4 is 21.4 Å². The molecule has 1 unspecified atom stereocenters. The van der Waals surface area contributed by atoms with Gasteiger partial charge in [-0.15, -0.1) is 11.3 Å². The number of nitrogens with zero attached hydrogens (tertiary/aromatic N) is 1. The van der Waals surface area contributed by atoms with E-state index in [1.165, 1.54) is 15.6 Å². The van der Waals surface area contributed by atoms with Crippen LogP contribution in [0.2, 0.25) is 0 Å². The van der Waals surface area contributed by atoms with Gasteiger partial charge in [-0.1, -0.05) is 54.1 Å². The van der Waals surface area contributed by atoms with Crippen LogP contribution in [0.15, 0.2) is 77.0 Å². The van der Waals surface area contributed by atoms with Crippen LogP contribution in [0.4, 0.5) is 0 Å². The summed E-state index contributed by atoms with van der Waals surface area (Å²) in [6, 6.07) is 22.6. The molecular formula is C21H19NO2S2. The fourth-order valence-electron chi connectivity index (χ4n) is 2.52. The fraction of sp³-hybridized carbons (Fsp3) is 0.143. The van der Waals surface area contributed by atoms with Gasteiger partial charge in [-0.3, -0.25) is 0 Å². The van der Waals surface area contributed by atoms with Gasteiger partial charge in [-0.2, -0.15) is 0 Å². The molecular weight excluding hydrogens is 362 g/mol. The van der Waals surface area contributed by atoms with E-state index in [1.54, 1.807) is 24.3 Å². The summed E-state index contributed by atoms with van der Waals surface area (Å²) in [6.45, 7) is 3.78. The lowest BCUT2D eigenvalue weighted by Crippen LogP contribution is -2.29. The Labute approximate surface area is 159 Å². The van der Waals surface area contributed by atoms with Crippen molar-refractivity contribution in [1.29, 1.82) is 0 Å². The highest BCUT2D eigenvalue weighted by molar-refractivity contribution is 7.89. The highest BCUT2D eigenvalue weighted by Gasteiger charge is 2.27. The molecule has 1 aromatic heterocycles. The first-order valence-electron chi connectivity index (χ1n) is 8.20. The largest absolute Gasteiger partial charge is 0.271 e. The molecule has 0 spiro atoms. The van der Waals surface area contributed by atoms with Crippen LogP contribution >= 0.6 is 11.3 Å². The molecule has 5 heteroatoms. The Bertz CT molecular complexity index is 1010. The van der Waals surface area contributed by atoms with E-state index >= 15 is 0 Å². The Balaban J connectivity index is 2.06. The predicted octanol–water partition coefficient (Wildman–Crippen LogP) is 4.82. The highest BCUT2D eigenvalue weighted by atomic mass is 32.2. The van der Waals surface area contributed by atoms with E-state index in [4.69, 9.17) is 0 Å². The minimum absolute atomic E-state index is 0.242. The molecule has 0 N–H and O–H groups in total. The topological polar surface area (TPSA) is 37.4 Å². The van der Waals surface area contributed by atoms with Crippen LogP contribution in [-0.2, 0) is 10.0 Å². The molecule has 0 aliphatic rings. The predicted molar refractivity (Wildman–Crippen MR) is 106 cm³/mol. The van der Waals surface area contributed by atoms with Gasteiger partial charge in [0.25, 0.3) is 10.0 Å². The minimum atomic E-state index is -3.75. The standard InChI is InChI=1S/C21H19NO2S2/c1-17-10-12-21(13-11-17)26(23,24)22(15-14-20-9-6-16-25-20)18(2)19-7-4-3-5-8-19/h3-13,16,18H,1-2H3. The van der Waals surface area contributed by atoms with E-state index in [-0.39, 0.29) is 4.90 Å². The molecule has 0 aliphatic carbocycles. The van der Waals surface area contributed by atoms with E-state index in [0.29, 0.717) is 0 Å². The Kier molecular flexibility index (Phi) is 5.46. The van der Waals surface area contributed by atoms with Crippen LogP contribution in [0, 0.1) is 18.9 Å². The van der Waals surface area contributed by atoms with Crippen molar-refractivity contribution in [3.8, 4) is 12.0 Å². The van der Waals surface area contributed by atoms with Gasteiger partial charge in [0.15, 0.2) is 0 Å². The average Bonchev–Trinajstić information content (AvgIpc) is 3.16. The van der Waals surface area contributed by atoms with Gasteiger partial charge >= 0.3 is 0 Å². The molecule has 3 aromatic rings. The quantitative estimate of drug-likeness (QED) is 0.480. The maximum Gasteiger partial charge on any atom is 0.271 e. The molecule has 26 heavy (non-hydrogen) atoms. The van der Waals surface area contributed by atoms with Crippen LogP contribution in [-0.4, -0.2) is 12.7 Å². The third-order valence-electron chi connectivity index (χ3n) is 4.02. The van der Waals surface area contributed by atoms with Crippen LogP contribution < -0.4 is 0 Å². The summed E-state index contributed by atoms with van der Waals surface area (Å²) >= 11 is 1.49. The van der Waals surface area contributed by atoms with Gasteiger partial charge in [0.1, 0.15) is 0 Å². The van der Waals surface area contributed by atoms with Crippen LogP contribution in [0.3, 0.4) is 0 Å². The van der Waals surface area contributed by atoms with Gasteiger partial charge in [-0.25, -0.2) is 12.7 Å². The van der Waals surface area contributed by atoms with E-state index < -0.39 is 16.1 Å². The molecule has 0 amide bonds. The van der Waals surface area contributed by atoms with Crippen molar-refractivity contribution in [3.05, 3.63) is 88.1 Å². The van der Waals surface area contributed by atoms with Crippen molar-refractivity contribution in [2.24, 2.45) is 0 Å². The second-order valence-electron chi connectivity index (χ2n) is 5.91. The van der Waals surface area contributed by atoms with Gasteiger partial charge in [-0.05, 0) is 48.9 Å². The lowest BCUT2D eigenvalue weighted by atomic mass is 10.1. The van der Waals surface area contributed by atoms with Gasteiger partial charge in [0.05, 0.1) is 15.8 Å². The highest BCUT2D eigenvalue weighted by Crippen LogP contribution is 2.27. The fourth-order valence-corrected chi connectivity index (χ4v) is 4.49. The van der Waals surface area contributed by atoms with Crippen LogP contribution in [0.1, 0.15) is 29.0 Å². The molecule has 0 bridgehead atoms. The molecule has 0 saturated carbocycles. The zero-order valence-electron chi connectivity index (χ0n) is 14.6. The number of sulfonamides is 1. The van der Waals surface area contributed by atoms with E-state index in [9.17, 15) is 8.42 Å². The van der Waals surface area contributed by atoms with Crippen molar-refractivity contribution in [1.82, 2.24) is 4.31 Å². The second-order valence-corrected chi connectivity index (χ2v) is 8.68. The molecule has 3 nitrogen and oxygen atoms in total. The summed E-state index contributed by atoms with van der Waals surface area (Å²) in [4.78, 5) is 1.07. The van der Waals surface area contributed by atoms with Gasteiger partial charge in [0, 0.05) is 6.04 Å². The van der Waals surface area contributed by atoms with Crippen LogP contribution in [0.5, 0.6) is 0 Å². The summed E-state index contributed by atoms with van der Waals surface area (Å²) in [5.41, 5.74) is 1.90. The summed E-state index contributed by atoms with van der Waals surface area (Å²) in [5.74, 6) is 2.98. The van der Waals surface area contributed by atoms with E-state index in [0.717, 1.165) is 16.0 Å². The van der Waals surface area contributed by atoms with E-state index in [1.807, 2.05) is 61.7 Å². The number of hydrogen-bond acceptors (Lipinski definition) is 3. The van der Waals surface area contributed by atoms with Gasteiger partial charge in [0.2, 0.25) is 0 Å². The SMILES string of the molecule is Cc1ccc(S(=O)(=O)N(C#Cc2cccs2)C(C)c2ccccc2)cc1. The molecule has 0 fully saturated rings. The maximum atomic E-state index is 13.2. The molecule has 0 radical (unpaired) electrons. The first kappa shape index (κ1) is 18.2. The number of hydrogen-bond donors (Lipinski definition) is 0. The van der Waals surface area contributed by atoms with Crippen molar-refractivity contribution in [3.63, 3.8) is 0 Å². The van der Waals surface area contributed by atoms with Crippen molar-refractivity contribution < 1.29 is 8.42 Å². The zero-order valence-corrected chi connectivity index (χ0v) is 16.2. The third-order valence-corrected chi connectivity index (χ3v) is 6.60. The smallest absolute Gasteiger partial charge is 0.217 e. The van der Waals surface area contributed by atoms with Gasteiger partial charge < -0.3 is 0 Å². The molecule has 2 aromatic carbocycles. The molecule has 132 valence electrons. The van der Waals surface area contributed by atoms with Crippen molar-refractivity contribution in [2.45, 2.75) is 24.8 Å². The number of aryl methyl sites for hydroxylation is 1. The van der Waals surface area contributed by atoms with Crippen molar-refractivity contribution in [2.75, 3.05) is 0 Å². The summed E-state index contributed by atoms with van der Waals surface area (Å²) in [7, 11) is -3.75. The lowest BCUT2D eigenvalue weighted by molar-refractivity contribution is 0.447. The van der Waals surface area contributed by atoms with Crippen LogP contribution in [0.25, 0.3) is 0 Å². The molecule has 0 aliphatic heterocycles. The number of benzene rings is 2. The number of rotatable bonds is 4. The lowest BCUT2D eigenvalue weighted by Gasteiger charge is -2.25. The summed E-state index contributed by atoms with van der Waals surface area (Å²) in [5, 5.41) is 1.92. The second kappa shape index (κ2) is 7.77. The normalized spacial score (nSPS) is 12.1. The van der Waals surface area contributed by atoms with E-state index in [2.05, 4.69) is 12.0 Å². The summed E-state index contributed by atoms with van der Waals surface area (Å²) in [6.07, 6.45) is 0. The monoisotopic (exact) mass is 381 g/mol. The molecule has 0 saturated heterocycles. The number of thiophene rings is 1. The Morgan fingerprint density at radius 2 is 1.65 bits per heavy atom. The molecule has 1 atom stereocenters. The third kappa shape index (κ3) is 3.98. The Hall–Kier alpha value is -2.55. The Morgan fingerprint density at radius 1 is 0.962 bits per heavy atom. The maximum absolute atomic E-state index is 13.2. The zero-order chi connectivity index (χ0) is 18.6.